The fourth-order valence-corrected chi connectivity index (χ4v) is 3.85. The quantitative estimate of drug-likeness (QED) is 0.761. The summed E-state index contributed by atoms with van der Waals surface area (Å²) < 4.78 is 7.63. The fraction of sp³-hybridized carbons (Fsp3) is 0.562. The average molecular weight is 332 g/mol. The minimum atomic E-state index is 0.253. The number of hydrogen-bond acceptors (Lipinski definition) is 5. The number of rotatable bonds is 6. The van der Waals surface area contributed by atoms with Crippen molar-refractivity contribution in [3.8, 4) is 0 Å². The van der Waals surface area contributed by atoms with E-state index in [9.17, 15) is 4.79 Å². The topological polar surface area (TPSA) is 64.2 Å². The van der Waals surface area contributed by atoms with E-state index in [-0.39, 0.29) is 5.91 Å². The second-order valence-electron chi connectivity index (χ2n) is 6.17. The number of likely N-dealkylation sites (tertiary alicyclic amines) is 1. The Morgan fingerprint density at radius 1 is 1.30 bits per heavy atom. The summed E-state index contributed by atoms with van der Waals surface area (Å²) in [4.78, 5) is 13.9. The van der Waals surface area contributed by atoms with Crippen LogP contribution >= 0.6 is 11.8 Å². The van der Waals surface area contributed by atoms with E-state index in [1.54, 1.807) is 18.0 Å². The van der Waals surface area contributed by atoms with Gasteiger partial charge in [0.05, 0.1) is 18.7 Å². The zero-order valence-corrected chi connectivity index (χ0v) is 13.8. The van der Waals surface area contributed by atoms with Gasteiger partial charge < -0.3 is 9.32 Å². The lowest BCUT2D eigenvalue weighted by molar-refractivity contribution is -0.132. The summed E-state index contributed by atoms with van der Waals surface area (Å²) in [6.07, 6.45) is 6.85. The van der Waals surface area contributed by atoms with E-state index in [2.05, 4.69) is 14.8 Å². The summed E-state index contributed by atoms with van der Waals surface area (Å²) in [5.74, 6) is 3.39. The molecule has 0 unspecified atom stereocenters. The van der Waals surface area contributed by atoms with Crippen molar-refractivity contribution in [2.45, 2.75) is 49.7 Å². The minimum absolute atomic E-state index is 0.253. The van der Waals surface area contributed by atoms with Crippen LogP contribution in [0.1, 0.15) is 49.6 Å². The SMILES string of the molecule is O=C1CCCCN1CSc1nnc(C2CC2)n1Cc1ccco1. The molecule has 7 heteroatoms. The number of carbonyl (C=O) groups excluding carboxylic acids is 1. The van der Waals surface area contributed by atoms with E-state index < -0.39 is 0 Å². The molecule has 3 heterocycles. The molecule has 1 aliphatic heterocycles. The predicted octanol–water partition coefficient (Wildman–Crippen LogP) is 2.86. The van der Waals surface area contributed by atoms with Gasteiger partial charge in [0.15, 0.2) is 5.16 Å². The molecule has 2 aromatic heterocycles. The summed E-state index contributed by atoms with van der Waals surface area (Å²) in [7, 11) is 0. The van der Waals surface area contributed by atoms with Crippen LogP contribution in [0.15, 0.2) is 28.0 Å². The van der Waals surface area contributed by atoms with Gasteiger partial charge in [-0.25, -0.2) is 0 Å². The molecular weight excluding hydrogens is 312 g/mol. The van der Waals surface area contributed by atoms with Crippen LogP contribution in [-0.2, 0) is 11.3 Å². The molecule has 0 radical (unpaired) electrons. The van der Waals surface area contributed by atoms with E-state index in [4.69, 9.17) is 4.42 Å². The summed E-state index contributed by atoms with van der Waals surface area (Å²) in [5.41, 5.74) is 0. The van der Waals surface area contributed by atoms with Crippen molar-refractivity contribution >= 4 is 17.7 Å². The number of nitrogens with zero attached hydrogens (tertiary/aromatic N) is 4. The Bertz CT molecular complexity index is 678. The number of furan rings is 1. The number of piperidine rings is 1. The van der Waals surface area contributed by atoms with Crippen LogP contribution in [-0.4, -0.2) is 38.0 Å². The number of carbonyl (C=O) groups is 1. The lowest BCUT2D eigenvalue weighted by Gasteiger charge is -2.25. The molecule has 1 saturated carbocycles. The van der Waals surface area contributed by atoms with Crippen molar-refractivity contribution in [2.24, 2.45) is 0 Å². The highest BCUT2D eigenvalue weighted by molar-refractivity contribution is 7.99. The standard InChI is InChI=1S/C16H20N4O2S/c21-14-5-1-2-8-19(14)11-23-16-18-17-15(12-6-7-12)20(16)10-13-4-3-9-22-13/h3-4,9,12H,1-2,5-8,10-11H2. The molecule has 2 aromatic rings. The highest BCUT2D eigenvalue weighted by Gasteiger charge is 2.31. The van der Waals surface area contributed by atoms with Crippen LogP contribution in [0.25, 0.3) is 0 Å². The first-order chi connectivity index (χ1) is 11.3. The molecular formula is C16H20N4O2S. The van der Waals surface area contributed by atoms with Crippen LogP contribution in [0.3, 0.4) is 0 Å². The Labute approximate surface area is 139 Å². The molecule has 4 rings (SSSR count). The van der Waals surface area contributed by atoms with Gasteiger partial charge in [0.25, 0.3) is 0 Å². The average Bonchev–Trinajstić information content (AvgIpc) is 3.13. The molecule has 0 aromatic carbocycles. The van der Waals surface area contributed by atoms with Gasteiger partial charge in [-0.15, -0.1) is 10.2 Å². The third-order valence-corrected chi connectivity index (χ3v) is 5.35. The third kappa shape index (κ3) is 3.29. The van der Waals surface area contributed by atoms with E-state index >= 15 is 0 Å². The normalized spacial score (nSPS) is 18.6. The van der Waals surface area contributed by atoms with Crippen molar-refractivity contribution < 1.29 is 9.21 Å². The molecule has 122 valence electrons. The maximum absolute atomic E-state index is 11.9. The van der Waals surface area contributed by atoms with Crippen LogP contribution < -0.4 is 0 Å². The number of hydrogen-bond donors (Lipinski definition) is 0. The van der Waals surface area contributed by atoms with Gasteiger partial charge in [-0.05, 0) is 37.8 Å². The molecule has 2 aliphatic rings. The highest BCUT2D eigenvalue weighted by Crippen LogP contribution is 2.40. The van der Waals surface area contributed by atoms with E-state index in [1.807, 2.05) is 17.0 Å². The maximum atomic E-state index is 11.9. The van der Waals surface area contributed by atoms with Gasteiger partial charge in [0.2, 0.25) is 5.91 Å². The van der Waals surface area contributed by atoms with E-state index in [0.717, 1.165) is 36.1 Å². The molecule has 1 amide bonds. The van der Waals surface area contributed by atoms with Gasteiger partial charge in [-0.2, -0.15) is 0 Å². The Balaban J connectivity index is 1.49. The third-order valence-electron chi connectivity index (χ3n) is 4.35. The number of amides is 1. The monoisotopic (exact) mass is 332 g/mol. The first-order valence-corrected chi connectivity index (χ1v) is 9.16. The van der Waals surface area contributed by atoms with Crippen LogP contribution in [0, 0.1) is 0 Å². The van der Waals surface area contributed by atoms with E-state index in [0.29, 0.717) is 24.8 Å². The van der Waals surface area contributed by atoms with Crippen molar-refractivity contribution in [3.05, 3.63) is 30.0 Å². The zero-order chi connectivity index (χ0) is 15.6. The molecule has 0 atom stereocenters. The first kappa shape index (κ1) is 14.8. The summed E-state index contributed by atoms with van der Waals surface area (Å²) in [6, 6.07) is 3.87. The molecule has 0 bridgehead atoms. The van der Waals surface area contributed by atoms with Gasteiger partial charge in [-0.3, -0.25) is 9.36 Å². The molecule has 0 spiro atoms. The smallest absolute Gasteiger partial charge is 0.223 e. The van der Waals surface area contributed by atoms with Crippen LogP contribution in [0.4, 0.5) is 0 Å². The van der Waals surface area contributed by atoms with Crippen LogP contribution in [0.2, 0.25) is 0 Å². The Kier molecular flexibility index (Phi) is 4.11. The molecule has 23 heavy (non-hydrogen) atoms. The Hall–Kier alpha value is -1.76. The molecule has 1 saturated heterocycles. The molecule has 1 aliphatic carbocycles. The zero-order valence-electron chi connectivity index (χ0n) is 13.0. The van der Waals surface area contributed by atoms with Gasteiger partial charge in [0.1, 0.15) is 11.6 Å². The molecule has 6 nitrogen and oxygen atoms in total. The Morgan fingerprint density at radius 2 is 2.22 bits per heavy atom. The van der Waals surface area contributed by atoms with Crippen LogP contribution in [0.5, 0.6) is 0 Å². The van der Waals surface area contributed by atoms with Gasteiger partial charge in [-0.1, -0.05) is 11.8 Å². The highest BCUT2D eigenvalue weighted by atomic mass is 32.2. The van der Waals surface area contributed by atoms with Crippen molar-refractivity contribution in [1.82, 2.24) is 19.7 Å². The maximum Gasteiger partial charge on any atom is 0.223 e. The number of thioether (sulfide) groups is 1. The van der Waals surface area contributed by atoms with Crippen molar-refractivity contribution in [2.75, 3.05) is 12.4 Å². The van der Waals surface area contributed by atoms with Gasteiger partial charge in [0, 0.05) is 18.9 Å². The molecule has 0 N–H and O–H groups in total. The lowest BCUT2D eigenvalue weighted by atomic mass is 10.1. The van der Waals surface area contributed by atoms with E-state index in [1.165, 1.54) is 12.8 Å². The van der Waals surface area contributed by atoms with Crippen molar-refractivity contribution in [3.63, 3.8) is 0 Å². The summed E-state index contributed by atoms with van der Waals surface area (Å²) in [6.45, 7) is 1.51. The minimum Gasteiger partial charge on any atom is -0.467 e. The van der Waals surface area contributed by atoms with Gasteiger partial charge >= 0.3 is 0 Å². The largest absolute Gasteiger partial charge is 0.467 e. The summed E-state index contributed by atoms with van der Waals surface area (Å²) in [5, 5.41) is 9.63. The van der Waals surface area contributed by atoms with Crippen molar-refractivity contribution in [1.29, 1.82) is 0 Å². The second-order valence-corrected chi connectivity index (χ2v) is 7.08. The fourth-order valence-electron chi connectivity index (χ4n) is 2.89. The number of aromatic nitrogens is 3. The molecule has 2 fully saturated rings. The Morgan fingerprint density at radius 3 is 2.96 bits per heavy atom. The summed E-state index contributed by atoms with van der Waals surface area (Å²) >= 11 is 1.60. The predicted molar refractivity (Wildman–Crippen MR) is 86.1 cm³/mol. The lowest BCUT2D eigenvalue weighted by Crippen LogP contribution is -2.34. The first-order valence-electron chi connectivity index (χ1n) is 8.17. The second kappa shape index (κ2) is 6.39.